The van der Waals surface area contributed by atoms with Gasteiger partial charge in [0.15, 0.2) is 9.84 Å². The van der Waals surface area contributed by atoms with E-state index in [0.717, 1.165) is 30.8 Å². The summed E-state index contributed by atoms with van der Waals surface area (Å²) < 4.78 is 78.1. The van der Waals surface area contributed by atoms with Crippen molar-refractivity contribution in [3.05, 3.63) is 72.2 Å². The lowest BCUT2D eigenvalue weighted by molar-refractivity contribution is -0.141. The fourth-order valence-corrected chi connectivity index (χ4v) is 7.15. The van der Waals surface area contributed by atoms with Crippen LogP contribution in [0.4, 0.5) is 17.6 Å². The molecule has 1 aromatic carbocycles. The van der Waals surface area contributed by atoms with E-state index in [1.54, 1.807) is 0 Å². The zero-order valence-electron chi connectivity index (χ0n) is 18.6. The van der Waals surface area contributed by atoms with Crippen LogP contribution in [-0.2, 0) is 27.4 Å². The molecule has 7 nitrogen and oxygen atoms in total. The Morgan fingerprint density at radius 2 is 1.78 bits per heavy atom. The number of benzene rings is 1. The van der Waals surface area contributed by atoms with Gasteiger partial charge in [-0.25, -0.2) is 22.8 Å². The van der Waals surface area contributed by atoms with Crippen molar-refractivity contribution in [3.63, 3.8) is 0 Å². The maximum atomic E-state index is 13.3. The van der Waals surface area contributed by atoms with Gasteiger partial charge in [0, 0.05) is 11.8 Å². The third-order valence-electron chi connectivity index (χ3n) is 6.71. The van der Waals surface area contributed by atoms with Crippen LogP contribution >= 0.6 is 0 Å². The molecule has 0 spiro atoms. The zero-order valence-corrected chi connectivity index (χ0v) is 19.4. The minimum Gasteiger partial charge on any atom is -0.350 e. The van der Waals surface area contributed by atoms with Crippen LogP contribution in [0.3, 0.4) is 0 Å². The van der Waals surface area contributed by atoms with Gasteiger partial charge in [-0.1, -0.05) is 0 Å². The Kier molecular flexibility index (Phi) is 6.01. The number of hydrogen-bond donors (Lipinski definition) is 1. The third kappa shape index (κ3) is 4.69. The summed E-state index contributed by atoms with van der Waals surface area (Å²) in [6.07, 6.45) is -1.08. The van der Waals surface area contributed by atoms with Crippen molar-refractivity contribution in [1.29, 1.82) is 0 Å². The second-order valence-corrected chi connectivity index (χ2v) is 11.1. The van der Waals surface area contributed by atoms with Crippen molar-refractivity contribution >= 4 is 15.7 Å². The average Bonchev–Trinajstić information content (AvgIpc) is 3.50. The number of aromatic nitrogens is 3. The molecular formula is C24H20F4N4O3S. The molecule has 2 aliphatic rings. The van der Waals surface area contributed by atoms with Crippen molar-refractivity contribution in [2.75, 3.05) is 0 Å². The molecule has 0 saturated heterocycles. The van der Waals surface area contributed by atoms with Gasteiger partial charge in [0.1, 0.15) is 17.8 Å². The molecule has 0 bridgehead atoms. The van der Waals surface area contributed by atoms with E-state index >= 15 is 0 Å². The lowest BCUT2D eigenvalue weighted by Gasteiger charge is -2.22. The molecule has 2 saturated carbocycles. The molecule has 3 aromatic rings. The SMILES string of the molecule is O=C(NCc1cc(-c2ccc(C(F)(F)F)nc2)ncn1)[C@@H]1C[C@H]2C[C@H]2C1S(=O)(=O)c1ccc(F)cc1. The summed E-state index contributed by atoms with van der Waals surface area (Å²) in [5, 5.41) is 1.85. The van der Waals surface area contributed by atoms with E-state index < -0.39 is 44.6 Å². The van der Waals surface area contributed by atoms with Crippen molar-refractivity contribution in [2.24, 2.45) is 17.8 Å². The molecule has 12 heteroatoms. The highest BCUT2D eigenvalue weighted by Gasteiger charge is 2.60. The lowest BCUT2D eigenvalue weighted by atomic mass is 10.0. The van der Waals surface area contributed by atoms with E-state index in [9.17, 15) is 30.8 Å². The molecule has 2 aromatic heterocycles. The maximum Gasteiger partial charge on any atom is 0.433 e. The topological polar surface area (TPSA) is 102 Å². The first-order valence-corrected chi connectivity index (χ1v) is 12.7. The molecule has 4 atom stereocenters. The van der Waals surface area contributed by atoms with E-state index in [1.807, 2.05) is 0 Å². The summed E-state index contributed by atoms with van der Waals surface area (Å²) in [4.78, 5) is 24.6. The molecule has 1 unspecified atom stereocenters. The normalized spacial score (nSPS) is 23.2. The standard InChI is InChI=1S/C24H20F4N4O3S/c25-15-2-4-17(5-3-15)36(34,35)22-18-7-14(18)8-19(22)23(33)30-11-16-9-20(32-12-31-16)13-1-6-21(29-10-13)24(26,27)28/h1-6,9-10,12,14,18-19,22H,7-8,11H2,(H,30,33)/t14-,18-,19-,22?/m1/s1. The number of amides is 1. The summed E-state index contributed by atoms with van der Waals surface area (Å²) in [5.41, 5.74) is 0.0514. The van der Waals surface area contributed by atoms with Gasteiger partial charge in [-0.05, 0) is 67.1 Å². The van der Waals surface area contributed by atoms with Crippen LogP contribution in [0, 0.1) is 23.6 Å². The number of nitrogens with one attached hydrogen (secondary N) is 1. The van der Waals surface area contributed by atoms with Crippen LogP contribution in [0.15, 0.2) is 59.9 Å². The van der Waals surface area contributed by atoms with Gasteiger partial charge < -0.3 is 5.32 Å². The van der Waals surface area contributed by atoms with Crippen LogP contribution in [0.25, 0.3) is 11.3 Å². The van der Waals surface area contributed by atoms with Gasteiger partial charge in [-0.3, -0.25) is 9.78 Å². The summed E-state index contributed by atoms with van der Waals surface area (Å²) >= 11 is 0. The Labute approximate surface area is 203 Å². The Morgan fingerprint density at radius 1 is 1.03 bits per heavy atom. The molecular weight excluding hydrogens is 500 g/mol. The molecule has 0 aliphatic heterocycles. The van der Waals surface area contributed by atoms with Crippen molar-refractivity contribution in [1.82, 2.24) is 20.3 Å². The van der Waals surface area contributed by atoms with Crippen LogP contribution in [0.2, 0.25) is 0 Å². The number of fused-ring (bicyclic) bond motifs is 1. The predicted octanol–water partition coefficient (Wildman–Crippen LogP) is 3.81. The Balaban J connectivity index is 1.28. The summed E-state index contributed by atoms with van der Waals surface area (Å²) in [6.45, 7) is -0.0163. The van der Waals surface area contributed by atoms with E-state index in [-0.39, 0.29) is 23.3 Å². The number of hydrogen-bond acceptors (Lipinski definition) is 6. The van der Waals surface area contributed by atoms with Crippen molar-refractivity contribution in [3.8, 4) is 11.3 Å². The number of carbonyl (C=O) groups is 1. The van der Waals surface area contributed by atoms with Gasteiger partial charge in [-0.2, -0.15) is 13.2 Å². The largest absolute Gasteiger partial charge is 0.433 e. The Bertz CT molecular complexity index is 1400. The van der Waals surface area contributed by atoms with Crippen LogP contribution in [-0.4, -0.2) is 34.5 Å². The molecule has 188 valence electrons. The van der Waals surface area contributed by atoms with E-state index in [0.29, 0.717) is 23.4 Å². The second kappa shape index (κ2) is 8.91. The molecule has 2 aliphatic carbocycles. The summed E-state index contributed by atoms with van der Waals surface area (Å²) in [6, 6.07) is 8.22. The highest BCUT2D eigenvalue weighted by atomic mass is 32.2. The lowest BCUT2D eigenvalue weighted by Crippen LogP contribution is -2.40. The van der Waals surface area contributed by atoms with E-state index in [2.05, 4.69) is 20.3 Å². The first-order chi connectivity index (χ1) is 17.0. The third-order valence-corrected chi connectivity index (χ3v) is 9.03. The highest BCUT2D eigenvalue weighted by molar-refractivity contribution is 7.92. The minimum absolute atomic E-state index is 0.00940. The number of halogens is 4. The summed E-state index contributed by atoms with van der Waals surface area (Å²) in [5.74, 6) is -1.65. The maximum absolute atomic E-state index is 13.3. The molecule has 5 rings (SSSR count). The van der Waals surface area contributed by atoms with Crippen molar-refractivity contribution in [2.45, 2.75) is 35.7 Å². The second-order valence-electron chi connectivity index (χ2n) is 9.01. The average molecular weight is 521 g/mol. The summed E-state index contributed by atoms with van der Waals surface area (Å²) in [7, 11) is -3.84. The Hall–Kier alpha value is -3.41. The molecule has 0 radical (unpaired) electrons. The molecule has 2 fully saturated rings. The first-order valence-electron chi connectivity index (χ1n) is 11.2. The number of alkyl halides is 3. The van der Waals surface area contributed by atoms with Crippen LogP contribution in [0.5, 0.6) is 0 Å². The number of pyridine rings is 1. The van der Waals surface area contributed by atoms with Gasteiger partial charge in [-0.15, -0.1) is 0 Å². The van der Waals surface area contributed by atoms with E-state index in [4.69, 9.17) is 0 Å². The van der Waals surface area contributed by atoms with Crippen LogP contribution in [0.1, 0.15) is 24.2 Å². The molecule has 1 amide bonds. The minimum atomic E-state index is -4.55. The fraction of sp³-hybridized carbons (Fsp3) is 0.333. The van der Waals surface area contributed by atoms with Crippen molar-refractivity contribution < 1.29 is 30.8 Å². The first kappa shape index (κ1) is 24.3. The fourth-order valence-electron chi connectivity index (χ4n) is 4.86. The monoisotopic (exact) mass is 520 g/mol. The molecule has 1 N–H and O–H groups in total. The van der Waals surface area contributed by atoms with Gasteiger partial charge in [0.25, 0.3) is 0 Å². The number of sulfone groups is 1. The van der Waals surface area contributed by atoms with Gasteiger partial charge in [0.05, 0.1) is 34.0 Å². The number of rotatable bonds is 6. The molecule has 36 heavy (non-hydrogen) atoms. The highest BCUT2D eigenvalue weighted by Crippen LogP contribution is 2.57. The quantitative estimate of drug-likeness (QED) is 0.392. The van der Waals surface area contributed by atoms with Crippen LogP contribution < -0.4 is 5.32 Å². The number of carbonyl (C=O) groups excluding carboxylic acids is 1. The van der Waals surface area contributed by atoms with Gasteiger partial charge >= 0.3 is 6.18 Å². The smallest absolute Gasteiger partial charge is 0.350 e. The predicted molar refractivity (Wildman–Crippen MR) is 119 cm³/mol. The molecule has 2 heterocycles. The zero-order chi connectivity index (χ0) is 25.7. The van der Waals surface area contributed by atoms with E-state index in [1.165, 1.54) is 30.6 Å². The Morgan fingerprint density at radius 3 is 2.44 bits per heavy atom. The number of nitrogens with zero attached hydrogens (tertiary/aromatic N) is 3. The van der Waals surface area contributed by atoms with Gasteiger partial charge in [0.2, 0.25) is 5.91 Å².